The van der Waals surface area contributed by atoms with Crippen molar-refractivity contribution in [1.29, 1.82) is 0 Å². The largest absolute Gasteiger partial charge is 0.289 e. The molecule has 0 aliphatic carbocycles. The molecule has 0 bridgehead atoms. The van der Waals surface area contributed by atoms with E-state index >= 15 is 0 Å². The van der Waals surface area contributed by atoms with E-state index in [1.165, 1.54) is 42.9 Å². The molecule has 0 unspecified atom stereocenters. The van der Waals surface area contributed by atoms with Gasteiger partial charge in [-0.25, -0.2) is 4.39 Å². The first kappa shape index (κ1) is 53.5. The summed E-state index contributed by atoms with van der Waals surface area (Å²) in [5.41, 5.74) is 6.59. The normalized spacial score (nSPS) is 13.3. The number of allylic oxidation sites excluding steroid dienone is 9. The molecule has 2 aromatic rings. The van der Waals surface area contributed by atoms with Gasteiger partial charge in [0, 0.05) is 17.6 Å². The fourth-order valence-corrected chi connectivity index (χ4v) is 4.02. The van der Waals surface area contributed by atoms with Crippen LogP contribution in [0.4, 0.5) is 4.39 Å². The van der Waals surface area contributed by atoms with Crippen LogP contribution in [0.3, 0.4) is 0 Å². The van der Waals surface area contributed by atoms with E-state index in [2.05, 4.69) is 99.6 Å². The monoisotopic (exact) mass is 697 g/mol. The molecular formula is C48H73FN2. The maximum atomic E-state index is 12.3. The Morgan fingerprint density at radius 1 is 0.941 bits per heavy atom. The number of terminal acetylenes is 1. The van der Waals surface area contributed by atoms with Crippen LogP contribution in [-0.2, 0) is 0 Å². The van der Waals surface area contributed by atoms with E-state index in [0.29, 0.717) is 5.56 Å². The molecule has 0 saturated carbocycles. The van der Waals surface area contributed by atoms with Crippen molar-refractivity contribution in [2.45, 2.75) is 122 Å². The van der Waals surface area contributed by atoms with Crippen LogP contribution >= 0.6 is 0 Å². The van der Waals surface area contributed by atoms with Crippen molar-refractivity contribution in [3.63, 3.8) is 0 Å². The van der Waals surface area contributed by atoms with Crippen LogP contribution < -0.4 is 0 Å². The molecule has 2 nitrogen and oxygen atoms in total. The lowest BCUT2D eigenvalue weighted by Gasteiger charge is -2.05. The standard InChI is InChI=1S/C11H15N.C9H10.C8H13N.C8H18.C7H7F.C3H4.C2H6/c1-2-11-7-3-5-9-12-10-6-4-8-11;1-8(2)9-6-4-3-5-7-9;1-5-6-8(4)9-7(2)3;1-4-6-8(3)7-5-2;1-6-4-2-3-5-7(6)8;1-3-2;1-2/h3-7,10H,2,8-9H2,1H3;3-7H,1H2,2H3;5-6H,1H2,2-4H3;8H,4-7H2,1-3H3;2-5H,1H3;1H,2H3;1-2H3/b5-3-,6-4-,11-7-,12-10?;;8-6-;;;;. The van der Waals surface area contributed by atoms with Gasteiger partial charge in [0.25, 0.3) is 0 Å². The van der Waals surface area contributed by atoms with E-state index in [-0.39, 0.29) is 5.82 Å². The Labute approximate surface area is 315 Å². The zero-order valence-electron chi connectivity index (χ0n) is 34.6. The highest BCUT2D eigenvalue weighted by molar-refractivity contribution is 5.80. The van der Waals surface area contributed by atoms with Crippen molar-refractivity contribution in [1.82, 2.24) is 0 Å². The first-order valence-corrected chi connectivity index (χ1v) is 18.5. The van der Waals surface area contributed by atoms with Crippen molar-refractivity contribution >= 4 is 17.5 Å². The van der Waals surface area contributed by atoms with E-state index in [1.54, 1.807) is 32.1 Å². The summed E-state index contributed by atoms with van der Waals surface area (Å²) < 4.78 is 12.3. The molecule has 0 radical (unpaired) electrons. The van der Waals surface area contributed by atoms with Crippen LogP contribution in [0.15, 0.2) is 132 Å². The maximum absolute atomic E-state index is 12.3. The van der Waals surface area contributed by atoms with Gasteiger partial charge < -0.3 is 0 Å². The molecule has 0 amide bonds. The van der Waals surface area contributed by atoms with Crippen molar-refractivity contribution in [3.8, 4) is 12.3 Å². The maximum Gasteiger partial charge on any atom is 0.126 e. The van der Waals surface area contributed by atoms with Crippen LogP contribution in [-0.4, -0.2) is 18.5 Å². The summed E-state index contributed by atoms with van der Waals surface area (Å²) in [6.07, 6.45) is 28.3. The summed E-state index contributed by atoms with van der Waals surface area (Å²) in [5, 5.41) is 0. The first-order chi connectivity index (χ1) is 24.4. The van der Waals surface area contributed by atoms with E-state index in [0.717, 1.165) is 42.3 Å². The number of hydrogen-bond acceptors (Lipinski definition) is 2. The molecule has 3 rings (SSSR count). The molecule has 0 N–H and O–H groups in total. The molecule has 1 aliphatic heterocycles. The minimum Gasteiger partial charge on any atom is -0.289 e. The topological polar surface area (TPSA) is 24.7 Å². The highest BCUT2D eigenvalue weighted by atomic mass is 19.1. The van der Waals surface area contributed by atoms with Gasteiger partial charge in [-0.3, -0.25) is 9.98 Å². The molecule has 51 heavy (non-hydrogen) atoms. The van der Waals surface area contributed by atoms with E-state index in [9.17, 15) is 4.39 Å². The smallest absolute Gasteiger partial charge is 0.126 e. The van der Waals surface area contributed by atoms with Crippen molar-refractivity contribution in [3.05, 3.63) is 139 Å². The summed E-state index contributed by atoms with van der Waals surface area (Å²) in [6, 6.07) is 16.9. The Hall–Kier alpha value is -4.29. The highest BCUT2D eigenvalue weighted by Crippen LogP contribution is 2.11. The van der Waals surface area contributed by atoms with Crippen molar-refractivity contribution in [2.24, 2.45) is 15.9 Å². The quantitative estimate of drug-likeness (QED) is 0.149. The van der Waals surface area contributed by atoms with E-state index in [4.69, 9.17) is 0 Å². The van der Waals surface area contributed by atoms with E-state index < -0.39 is 0 Å². The first-order valence-electron chi connectivity index (χ1n) is 18.5. The van der Waals surface area contributed by atoms with Crippen LogP contribution in [0, 0.1) is 31.0 Å². The van der Waals surface area contributed by atoms with Gasteiger partial charge in [0.05, 0.1) is 6.54 Å². The lowest BCUT2D eigenvalue weighted by Crippen LogP contribution is -1.91. The Balaban J connectivity index is -0.000000264. The zero-order valence-corrected chi connectivity index (χ0v) is 34.6. The van der Waals surface area contributed by atoms with Gasteiger partial charge in [0.1, 0.15) is 5.82 Å². The number of hydrogen-bond donors (Lipinski definition) is 0. The van der Waals surface area contributed by atoms with Gasteiger partial charge in [-0.1, -0.05) is 170 Å². The molecule has 0 atom stereocenters. The molecule has 0 fully saturated rings. The molecule has 1 heterocycles. The predicted molar refractivity (Wildman–Crippen MR) is 234 cm³/mol. The summed E-state index contributed by atoms with van der Waals surface area (Å²) in [6.45, 7) is 32.5. The van der Waals surface area contributed by atoms with Gasteiger partial charge in [0.2, 0.25) is 0 Å². The van der Waals surface area contributed by atoms with Crippen molar-refractivity contribution in [2.75, 3.05) is 6.54 Å². The summed E-state index contributed by atoms with van der Waals surface area (Å²) in [5.74, 6) is 3.08. The van der Waals surface area contributed by atoms with Gasteiger partial charge in [0.15, 0.2) is 0 Å². The second-order valence-electron chi connectivity index (χ2n) is 11.7. The highest BCUT2D eigenvalue weighted by Gasteiger charge is 1.96. The Morgan fingerprint density at radius 2 is 1.49 bits per heavy atom. The Kier molecular flexibility index (Phi) is 43.9. The number of aryl methyl sites for hydroxylation is 1. The third kappa shape index (κ3) is 41.8. The van der Waals surface area contributed by atoms with Gasteiger partial charge >= 0.3 is 0 Å². The van der Waals surface area contributed by atoms with Crippen LogP contribution in [0.2, 0.25) is 0 Å². The zero-order chi connectivity index (χ0) is 39.7. The molecule has 0 aromatic heterocycles. The molecule has 0 saturated heterocycles. The number of halogens is 1. The molecule has 0 spiro atoms. The average Bonchev–Trinajstić information content (AvgIpc) is 3.11. The lowest BCUT2D eigenvalue weighted by molar-refractivity contribution is 0.480. The van der Waals surface area contributed by atoms with Crippen LogP contribution in [0.5, 0.6) is 0 Å². The Morgan fingerprint density at radius 3 is 1.90 bits per heavy atom. The minimum absolute atomic E-state index is 0.132. The average molecular weight is 697 g/mol. The van der Waals surface area contributed by atoms with E-state index in [1.807, 2.05) is 84.2 Å². The predicted octanol–water partition coefficient (Wildman–Crippen LogP) is 15.2. The third-order valence-electron chi connectivity index (χ3n) is 6.51. The minimum atomic E-state index is -0.132. The Bertz CT molecular complexity index is 1300. The molecule has 282 valence electrons. The van der Waals surface area contributed by atoms with Crippen LogP contribution in [0.25, 0.3) is 5.57 Å². The number of aliphatic imine (C=N–C) groups is 2. The number of rotatable bonds is 8. The number of nitrogens with zero attached hydrogens (tertiary/aromatic N) is 2. The van der Waals surface area contributed by atoms with Crippen LogP contribution in [0.1, 0.15) is 126 Å². The fraction of sp³-hybridized carbons (Fsp3) is 0.417. The molecule has 3 heteroatoms. The second kappa shape index (κ2) is 41.9. The second-order valence-corrected chi connectivity index (χ2v) is 11.7. The van der Waals surface area contributed by atoms with Gasteiger partial charge in [-0.05, 0) is 89.6 Å². The van der Waals surface area contributed by atoms with Gasteiger partial charge in [-0.2, -0.15) is 0 Å². The molecule has 2 aromatic carbocycles. The summed E-state index contributed by atoms with van der Waals surface area (Å²) >= 11 is 0. The number of benzene rings is 2. The van der Waals surface area contributed by atoms with Crippen molar-refractivity contribution < 1.29 is 4.39 Å². The molecule has 1 aliphatic rings. The summed E-state index contributed by atoms with van der Waals surface area (Å²) in [7, 11) is 0. The third-order valence-corrected chi connectivity index (χ3v) is 6.51. The summed E-state index contributed by atoms with van der Waals surface area (Å²) in [4.78, 5) is 8.33. The fourth-order valence-electron chi connectivity index (χ4n) is 4.02. The molecular weight excluding hydrogens is 624 g/mol. The lowest BCUT2D eigenvalue weighted by atomic mass is 10.0. The van der Waals surface area contributed by atoms with Gasteiger partial charge in [-0.15, -0.1) is 12.3 Å². The SMILES string of the molecule is C#CC.C=C(C)c1ccccc1.C=C/C=C(/C)N=C(C)C.CC.CC/C1=C/C=C\CN=C/C=C\C1.CCCC(C)CCC.Cc1ccccc1F.